The number of carbonyl (C=O) groups excluding carboxylic acids is 1. The zero-order valence-corrected chi connectivity index (χ0v) is 9.23. The molecular formula is C10H14N2OS. The summed E-state index contributed by atoms with van der Waals surface area (Å²) in [6.45, 7) is 5.76. The molecule has 1 aromatic rings. The third-order valence-corrected chi connectivity index (χ3v) is 3.70. The number of carbonyl (C=O) groups is 1. The van der Waals surface area contributed by atoms with Gasteiger partial charge in [0, 0.05) is 22.8 Å². The van der Waals surface area contributed by atoms with Gasteiger partial charge in [0.15, 0.2) is 0 Å². The first-order chi connectivity index (χ1) is 6.68. The number of rotatable bonds is 2. The zero-order chi connectivity index (χ0) is 10.1. The van der Waals surface area contributed by atoms with Crippen molar-refractivity contribution in [1.82, 2.24) is 10.2 Å². The molecule has 2 rings (SSSR count). The second kappa shape index (κ2) is 3.61. The number of amides is 2. The number of nitrogens with zero attached hydrogens (tertiary/aromatic N) is 1. The van der Waals surface area contributed by atoms with Crippen LogP contribution in [-0.2, 0) is 0 Å². The van der Waals surface area contributed by atoms with Crippen LogP contribution < -0.4 is 5.32 Å². The molecule has 2 amide bonds. The van der Waals surface area contributed by atoms with E-state index in [0.29, 0.717) is 0 Å². The highest BCUT2D eigenvalue weighted by molar-refractivity contribution is 7.12. The summed E-state index contributed by atoms with van der Waals surface area (Å²) in [4.78, 5) is 15.9. The Morgan fingerprint density at radius 2 is 2.36 bits per heavy atom. The molecule has 0 spiro atoms. The monoisotopic (exact) mass is 210 g/mol. The lowest BCUT2D eigenvalue weighted by atomic mass is 10.2. The van der Waals surface area contributed by atoms with E-state index in [4.69, 9.17) is 0 Å². The summed E-state index contributed by atoms with van der Waals surface area (Å²) in [6.07, 6.45) is 0. The van der Waals surface area contributed by atoms with Gasteiger partial charge in [-0.2, -0.15) is 0 Å². The van der Waals surface area contributed by atoms with Crippen molar-refractivity contribution in [3.05, 3.63) is 21.9 Å². The minimum atomic E-state index is 0.0588. The van der Waals surface area contributed by atoms with Crippen molar-refractivity contribution in [2.75, 3.05) is 13.1 Å². The van der Waals surface area contributed by atoms with Gasteiger partial charge in [0.25, 0.3) is 0 Å². The van der Waals surface area contributed by atoms with Crippen LogP contribution in [-0.4, -0.2) is 24.0 Å². The van der Waals surface area contributed by atoms with Crippen molar-refractivity contribution in [3.8, 4) is 0 Å². The normalized spacial score (nSPS) is 18.4. The van der Waals surface area contributed by atoms with Crippen LogP contribution in [0, 0.1) is 6.92 Å². The Morgan fingerprint density at radius 3 is 2.86 bits per heavy atom. The average molecular weight is 210 g/mol. The Bertz CT molecular complexity index is 348. The van der Waals surface area contributed by atoms with E-state index in [0.717, 1.165) is 13.1 Å². The van der Waals surface area contributed by atoms with Crippen molar-refractivity contribution < 1.29 is 4.79 Å². The van der Waals surface area contributed by atoms with Crippen LogP contribution in [0.3, 0.4) is 0 Å². The standard InChI is InChI=1S/C10H14N2OS/c1-7-3-4-9(14-7)8(2)12-6-5-11-10(12)13/h3-4,8H,5-6H2,1-2H3,(H,11,13). The third kappa shape index (κ3) is 1.62. The molecule has 0 saturated carbocycles. The molecule has 0 bridgehead atoms. The molecule has 0 aliphatic carbocycles. The summed E-state index contributed by atoms with van der Waals surface area (Å²) in [5.74, 6) is 0. The highest BCUT2D eigenvalue weighted by atomic mass is 32.1. The molecule has 14 heavy (non-hydrogen) atoms. The number of nitrogens with one attached hydrogen (secondary N) is 1. The molecule has 1 aliphatic rings. The predicted molar refractivity (Wildman–Crippen MR) is 57.6 cm³/mol. The first-order valence-corrected chi connectivity index (χ1v) is 5.61. The van der Waals surface area contributed by atoms with E-state index in [9.17, 15) is 4.79 Å². The highest BCUT2D eigenvalue weighted by Gasteiger charge is 2.26. The van der Waals surface area contributed by atoms with Gasteiger partial charge in [0.2, 0.25) is 0 Å². The van der Waals surface area contributed by atoms with Crippen LogP contribution in [0.25, 0.3) is 0 Å². The van der Waals surface area contributed by atoms with Crippen LogP contribution in [0.1, 0.15) is 22.7 Å². The van der Waals surface area contributed by atoms with Gasteiger partial charge < -0.3 is 10.2 Å². The fourth-order valence-electron chi connectivity index (χ4n) is 1.69. The molecular weight excluding hydrogens is 196 g/mol. The molecule has 0 aromatic carbocycles. The molecule has 1 unspecified atom stereocenters. The van der Waals surface area contributed by atoms with Crippen LogP contribution in [0.4, 0.5) is 4.79 Å². The Morgan fingerprint density at radius 1 is 1.57 bits per heavy atom. The molecule has 4 heteroatoms. The van der Waals surface area contributed by atoms with E-state index < -0.39 is 0 Å². The van der Waals surface area contributed by atoms with E-state index in [1.165, 1.54) is 9.75 Å². The van der Waals surface area contributed by atoms with Crippen LogP contribution >= 0.6 is 11.3 Å². The van der Waals surface area contributed by atoms with Crippen LogP contribution in [0.15, 0.2) is 12.1 Å². The highest BCUT2D eigenvalue weighted by Crippen LogP contribution is 2.27. The van der Waals surface area contributed by atoms with Gasteiger partial charge >= 0.3 is 6.03 Å². The number of hydrogen-bond donors (Lipinski definition) is 1. The smallest absolute Gasteiger partial charge is 0.318 e. The molecule has 1 atom stereocenters. The first-order valence-electron chi connectivity index (χ1n) is 4.79. The summed E-state index contributed by atoms with van der Waals surface area (Å²) in [7, 11) is 0. The van der Waals surface area contributed by atoms with Crippen molar-refractivity contribution in [2.45, 2.75) is 19.9 Å². The van der Waals surface area contributed by atoms with Gasteiger partial charge in [-0.1, -0.05) is 0 Å². The fraction of sp³-hybridized carbons (Fsp3) is 0.500. The number of hydrogen-bond acceptors (Lipinski definition) is 2. The van der Waals surface area contributed by atoms with Gasteiger partial charge in [-0.05, 0) is 26.0 Å². The molecule has 3 nitrogen and oxygen atoms in total. The number of urea groups is 1. The zero-order valence-electron chi connectivity index (χ0n) is 8.41. The molecule has 2 heterocycles. The van der Waals surface area contributed by atoms with E-state index in [-0.39, 0.29) is 12.1 Å². The van der Waals surface area contributed by atoms with Crippen LogP contribution in [0.2, 0.25) is 0 Å². The fourth-order valence-corrected chi connectivity index (χ4v) is 2.63. The van der Waals surface area contributed by atoms with Crippen molar-refractivity contribution in [2.24, 2.45) is 0 Å². The van der Waals surface area contributed by atoms with Crippen molar-refractivity contribution in [1.29, 1.82) is 0 Å². The second-order valence-electron chi connectivity index (χ2n) is 3.55. The Labute approximate surface area is 87.7 Å². The number of aryl methyl sites for hydroxylation is 1. The van der Waals surface area contributed by atoms with Crippen molar-refractivity contribution >= 4 is 17.4 Å². The second-order valence-corrected chi connectivity index (χ2v) is 4.87. The molecule has 1 aliphatic heterocycles. The van der Waals surface area contributed by atoms with E-state index in [2.05, 4.69) is 31.3 Å². The Kier molecular flexibility index (Phi) is 2.46. The molecule has 1 saturated heterocycles. The summed E-state index contributed by atoms with van der Waals surface area (Å²) in [5.41, 5.74) is 0. The lowest BCUT2D eigenvalue weighted by Gasteiger charge is -2.21. The minimum absolute atomic E-state index is 0.0588. The topological polar surface area (TPSA) is 32.3 Å². The molecule has 1 fully saturated rings. The Hall–Kier alpha value is -1.03. The maximum atomic E-state index is 11.4. The van der Waals surface area contributed by atoms with E-state index in [1.807, 2.05) is 4.90 Å². The van der Waals surface area contributed by atoms with Gasteiger partial charge in [-0.25, -0.2) is 4.79 Å². The predicted octanol–water partition coefficient (Wildman–Crippen LogP) is 2.14. The summed E-state index contributed by atoms with van der Waals surface area (Å²) in [6, 6.07) is 4.47. The molecule has 1 aromatic heterocycles. The summed E-state index contributed by atoms with van der Waals surface area (Å²) >= 11 is 1.76. The largest absolute Gasteiger partial charge is 0.336 e. The summed E-state index contributed by atoms with van der Waals surface area (Å²) in [5, 5.41) is 2.82. The SMILES string of the molecule is Cc1ccc(C(C)N2CCNC2=O)s1. The van der Waals surface area contributed by atoms with Gasteiger partial charge in [-0.3, -0.25) is 0 Å². The maximum Gasteiger partial charge on any atom is 0.318 e. The van der Waals surface area contributed by atoms with E-state index in [1.54, 1.807) is 11.3 Å². The lowest BCUT2D eigenvalue weighted by molar-refractivity contribution is 0.203. The summed E-state index contributed by atoms with van der Waals surface area (Å²) < 4.78 is 0. The first kappa shape index (κ1) is 9.52. The van der Waals surface area contributed by atoms with E-state index >= 15 is 0 Å². The quantitative estimate of drug-likeness (QED) is 0.797. The third-order valence-electron chi connectivity index (χ3n) is 2.53. The molecule has 76 valence electrons. The van der Waals surface area contributed by atoms with Gasteiger partial charge in [0.05, 0.1) is 6.04 Å². The van der Waals surface area contributed by atoms with Crippen LogP contribution in [0.5, 0.6) is 0 Å². The average Bonchev–Trinajstić information content (AvgIpc) is 2.73. The molecule has 1 N–H and O–H groups in total. The van der Waals surface area contributed by atoms with Crippen molar-refractivity contribution in [3.63, 3.8) is 0 Å². The maximum absolute atomic E-state index is 11.4. The number of thiophene rings is 1. The van der Waals surface area contributed by atoms with Gasteiger partial charge in [-0.15, -0.1) is 11.3 Å². The lowest BCUT2D eigenvalue weighted by Crippen LogP contribution is -2.30. The molecule has 0 radical (unpaired) electrons. The minimum Gasteiger partial charge on any atom is -0.336 e. The van der Waals surface area contributed by atoms with Gasteiger partial charge in [0.1, 0.15) is 0 Å². The Balaban J connectivity index is 2.15.